The van der Waals surface area contributed by atoms with Crippen LogP contribution < -0.4 is 14.4 Å². The summed E-state index contributed by atoms with van der Waals surface area (Å²) in [5.41, 5.74) is 0.697. The fourth-order valence-corrected chi connectivity index (χ4v) is 5.09. The maximum absolute atomic E-state index is 13.4. The Balaban J connectivity index is 1.75. The molecule has 0 unspecified atom stereocenters. The smallest absolute Gasteiger partial charge is 0.268 e. The summed E-state index contributed by atoms with van der Waals surface area (Å²) in [7, 11) is -4.06. The maximum Gasteiger partial charge on any atom is 0.268 e. The molecule has 0 fully saturated rings. The molecule has 8 nitrogen and oxygen atoms in total. The average molecular weight is 514 g/mol. The Bertz CT molecular complexity index is 1430. The summed E-state index contributed by atoms with van der Waals surface area (Å²) < 4.78 is 34.3. The topological polar surface area (TPSA) is 106 Å². The van der Waals surface area contributed by atoms with Crippen LogP contribution in [0.25, 0.3) is 0 Å². The summed E-state index contributed by atoms with van der Waals surface area (Å²) in [6, 6.07) is 10.8. The van der Waals surface area contributed by atoms with Crippen molar-refractivity contribution in [2.24, 2.45) is 0 Å². The molecular weight excluding hydrogens is 490 g/mol. The average Bonchev–Trinajstić information content (AvgIpc) is 3.07. The number of amides is 2. The number of nitrogens with zero attached hydrogens (tertiary/aromatic N) is 2. The molecule has 2 amide bonds. The first-order valence-corrected chi connectivity index (χ1v) is 12.7. The SMILES string of the molecule is CCOc1ccncc1N1C(=O)c2c(Cl)ccc(NS(=O)(=O)c3ccc(C(C)(C)C)cc3)c2C1=O. The molecule has 1 aliphatic rings. The van der Waals surface area contributed by atoms with E-state index >= 15 is 0 Å². The molecule has 0 spiro atoms. The van der Waals surface area contributed by atoms with Crippen LogP contribution in [0.2, 0.25) is 5.02 Å². The normalized spacial score (nSPS) is 13.7. The van der Waals surface area contributed by atoms with Crippen LogP contribution in [-0.2, 0) is 15.4 Å². The van der Waals surface area contributed by atoms with E-state index in [2.05, 4.69) is 9.71 Å². The third-order valence-electron chi connectivity index (χ3n) is 5.57. The van der Waals surface area contributed by atoms with Crippen LogP contribution in [0.15, 0.2) is 59.8 Å². The van der Waals surface area contributed by atoms with Crippen molar-refractivity contribution in [3.8, 4) is 5.75 Å². The Hall–Kier alpha value is -3.43. The highest BCUT2D eigenvalue weighted by molar-refractivity contribution is 7.92. The molecule has 0 bridgehead atoms. The minimum Gasteiger partial charge on any atom is -0.492 e. The van der Waals surface area contributed by atoms with Crippen LogP contribution in [0.1, 0.15) is 54.0 Å². The van der Waals surface area contributed by atoms with Gasteiger partial charge in [0.15, 0.2) is 0 Å². The van der Waals surface area contributed by atoms with E-state index < -0.39 is 21.8 Å². The molecule has 0 saturated heterocycles. The third kappa shape index (κ3) is 4.49. The van der Waals surface area contributed by atoms with Gasteiger partial charge < -0.3 is 4.74 Å². The van der Waals surface area contributed by atoms with Crippen molar-refractivity contribution < 1.29 is 22.7 Å². The molecule has 1 aromatic heterocycles. The number of halogens is 1. The fourth-order valence-electron chi connectivity index (χ4n) is 3.78. The van der Waals surface area contributed by atoms with Crippen molar-refractivity contribution in [1.82, 2.24) is 4.98 Å². The molecule has 10 heteroatoms. The van der Waals surface area contributed by atoms with E-state index in [0.29, 0.717) is 6.61 Å². The molecule has 35 heavy (non-hydrogen) atoms. The van der Waals surface area contributed by atoms with Crippen LogP contribution in [0, 0.1) is 0 Å². The monoisotopic (exact) mass is 513 g/mol. The van der Waals surface area contributed by atoms with Crippen molar-refractivity contribution >= 4 is 44.8 Å². The van der Waals surface area contributed by atoms with Gasteiger partial charge in [-0.25, -0.2) is 13.3 Å². The zero-order chi connectivity index (χ0) is 25.5. The molecule has 0 atom stereocenters. The second-order valence-corrected chi connectivity index (χ2v) is 11.0. The number of fused-ring (bicyclic) bond motifs is 1. The number of nitrogens with one attached hydrogen (secondary N) is 1. The van der Waals surface area contributed by atoms with Gasteiger partial charge in [-0.3, -0.25) is 19.3 Å². The number of carbonyl (C=O) groups excluding carboxylic acids is 2. The first-order chi connectivity index (χ1) is 16.5. The summed E-state index contributed by atoms with van der Waals surface area (Å²) in [5.74, 6) is -1.14. The number of hydrogen-bond donors (Lipinski definition) is 1. The van der Waals surface area contributed by atoms with E-state index in [0.717, 1.165) is 10.5 Å². The number of pyridine rings is 1. The molecule has 3 aromatic rings. The quantitative estimate of drug-likeness (QED) is 0.463. The van der Waals surface area contributed by atoms with E-state index in [1.165, 1.54) is 42.7 Å². The van der Waals surface area contributed by atoms with Crippen molar-refractivity contribution in [3.63, 3.8) is 0 Å². The Kier molecular flexibility index (Phi) is 6.33. The molecule has 4 rings (SSSR count). The first-order valence-electron chi connectivity index (χ1n) is 10.9. The summed E-state index contributed by atoms with van der Waals surface area (Å²) in [6.45, 7) is 8.16. The molecule has 0 aliphatic carbocycles. The van der Waals surface area contributed by atoms with Crippen LogP contribution in [0.5, 0.6) is 5.75 Å². The summed E-state index contributed by atoms with van der Waals surface area (Å²) in [4.78, 5) is 31.6. The van der Waals surface area contributed by atoms with Gasteiger partial charge in [-0.05, 0) is 42.2 Å². The highest BCUT2D eigenvalue weighted by Crippen LogP contribution is 2.40. The van der Waals surface area contributed by atoms with E-state index in [9.17, 15) is 18.0 Å². The number of ether oxygens (including phenoxy) is 1. The second kappa shape index (κ2) is 8.98. The molecule has 1 aliphatic heterocycles. The molecule has 2 heterocycles. The second-order valence-electron chi connectivity index (χ2n) is 8.95. The van der Waals surface area contributed by atoms with Crippen LogP contribution in [0.4, 0.5) is 11.4 Å². The summed E-state index contributed by atoms with van der Waals surface area (Å²) in [6.07, 6.45) is 2.81. The van der Waals surface area contributed by atoms with Gasteiger partial charge in [0, 0.05) is 12.3 Å². The molecule has 0 saturated carbocycles. The number of benzene rings is 2. The van der Waals surface area contributed by atoms with Gasteiger partial charge in [-0.2, -0.15) is 0 Å². The van der Waals surface area contributed by atoms with Gasteiger partial charge in [0.1, 0.15) is 11.4 Å². The van der Waals surface area contributed by atoms with Gasteiger partial charge >= 0.3 is 0 Å². The Labute approximate surface area is 208 Å². The molecular formula is C25H24ClN3O5S. The highest BCUT2D eigenvalue weighted by Gasteiger charge is 2.42. The van der Waals surface area contributed by atoms with E-state index in [4.69, 9.17) is 16.3 Å². The molecule has 1 N–H and O–H groups in total. The summed E-state index contributed by atoms with van der Waals surface area (Å²) >= 11 is 6.28. The Morgan fingerprint density at radius 2 is 1.66 bits per heavy atom. The van der Waals surface area contributed by atoms with Crippen molar-refractivity contribution in [1.29, 1.82) is 0 Å². The zero-order valence-corrected chi connectivity index (χ0v) is 21.2. The van der Waals surface area contributed by atoms with Crippen molar-refractivity contribution in [3.05, 3.63) is 76.6 Å². The van der Waals surface area contributed by atoms with Crippen LogP contribution in [-0.4, -0.2) is 31.8 Å². The van der Waals surface area contributed by atoms with E-state index in [1.54, 1.807) is 19.1 Å². The lowest BCUT2D eigenvalue weighted by molar-refractivity contribution is 0.0925. The van der Waals surface area contributed by atoms with Gasteiger partial charge in [0.2, 0.25) is 0 Å². The number of imide groups is 1. The molecule has 182 valence electrons. The van der Waals surface area contributed by atoms with Gasteiger partial charge in [0.25, 0.3) is 21.8 Å². The van der Waals surface area contributed by atoms with Crippen molar-refractivity contribution in [2.45, 2.75) is 38.0 Å². The third-order valence-corrected chi connectivity index (χ3v) is 7.26. The number of carbonyl (C=O) groups is 2. The number of anilines is 2. The zero-order valence-electron chi connectivity index (χ0n) is 19.6. The highest BCUT2D eigenvalue weighted by atomic mass is 35.5. The lowest BCUT2D eigenvalue weighted by Gasteiger charge is -2.19. The number of rotatable bonds is 6. The van der Waals surface area contributed by atoms with Crippen LogP contribution in [0.3, 0.4) is 0 Å². The van der Waals surface area contributed by atoms with E-state index in [1.807, 2.05) is 20.8 Å². The maximum atomic E-state index is 13.4. The predicted octanol–water partition coefficient (Wildman–Crippen LogP) is 5.03. The van der Waals surface area contributed by atoms with Gasteiger partial charge in [-0.1, -0.05) is 44.5 Å². The molecule has 0 radical (unpaired) electrons. The molecule has 2 aromatic carbocycles. The Morgan fingerprint density at radius 1 is 1.00 bits per heavy atom. The lowest BCUT2D eigenvalue weighted by atomic mass is 9.87. The van der Waals surface area contributed by atoms with Gasteiger partial charge in [-0.15, -0.1) is 0 Å². The fraction of sp³-hybridized carbons (Fsp3) is 0.240. The minimum atomic E-state index is -4.06. The van der Waals surface area contributed by atoms with E-state index in [-0.39, 0.29) is 43.6 Å². The minimum absolute atomic E-state index is 0.0220. The lowest BCUT2D eigenvalue weighted by Crippen LogP contribution is -2.30. The number of hydrogen-bond acceptors (Lipinski definition) is 6. The number of aromatic nitrogens is 1. The summed E-state index contributed by atoms with van der Waals surface area (Å²) in [5, 5.41) is 0.0279. The van der Waals surface area contributed by atoms with Crippen molar-refractivity contribution in [2.75, 3.05) is 16.2 Å². The largest absolute Gasteiger partial charge is 0.492 e. The predicted molar refractivity (Wildman–Crippen MR) is 134 cm³/mol. The Morgan fingerprint density at radius 3 is 2.29 bits per heavy atom. The van der Waals surface area contributed by atoms with Crippen LogP contribution >= 0.6 is 11.6 Å². The van der Waals surface area contributed by atoms with Gasteiger partial charge in [0.05, 0.1) is 39.5 Å². The first kappa shape index (κ1) is 24.7. The standard InChI is InChI=1S/C25H24ClN3O5S/c1-5-34-20-12-13-27-14-19(20)29-23(30)21-17(26)10-11-18(22(21)24(29)31)28-35(32,33)16-8-6-15(7-9-16)25(2,3)4/h6-14,28H,5H2,1-4H3. The number of sulfonamides is 1.